The Kier molecular flexibility index (Phi) is 4.27. The van der Waals surface area contributed by atoms with Crippen LogP contribution in [0.3, 0.4) is 0 Å². The Morgan fingerprint density at radius 2 is 2.27 bits per heavy atom. The molecule has 0 N–H and O–H groups in total. The van der Waals surface area contributed by atoms with Crippen LogP contribution in [0, 0.1) is 3.57 Å². The number of aromatic nitrogens is 2. The van der Waals surface area contributed by atoms with Gasteiger partial charge in [0.2, 0.25) is 0 Å². The van der Waals surface area contributed by atoms with E-state index in [0.29, 0.717) is 6.54 Å². The van der Waals surface area contributed by atoms with Gasteiger partial charge in [0.05, 0.1) is 11.8 Å². The zero-order valence-electron chi connectivity index (χ0n) is 9.16. The molecule has 0 spiro atoms. The normalized spacial score (nSPS) is 11.7. The average Bonchev–Trinajstić information content (AvgIpc) is 2.16. The molecular formula is C10H15IN2O2. The Balaban J connectivity index is 2.70. The molecule has 0 bridgehead atoms. The smallest absolute Gasteiger partial charge is 0.267 e. The first-order valence-corrected chi connectivity index (χ1v) is 5.80. The van der Waals surface area contributed by atoms with Gasteiger partial charge in [-0.1, -0.05) is 0 Å². The third-order valence-corrected chi connectivity index (χ3v) is 2.90. The number of halogens is 1. The van der Waals surface area contributed by atoms with Crippen LogP contribution in [0.15, 0.2) is 17.1 Å². The van der Waals surface area contributed by atoms with Crippen molar-refractivity contribution in [2.45, 2.75) is 32.4 Å². The summed E-state index contributed by atoms with van der Waals surface area (Å²) in [6.07, 6.45) is 2.44. The van der Waals surface area contributed by atoms with E-state index >= 15 is 0 Å². The Bertz CT molecular complexity index is 387. The second-order valence-corrected chi connectivity index (χ2v) is 5.19. The maximum atomic E-state index is 11.5. The summed E-state index contributed by atoms with van der Waals surface area (Å²) in [5.41, 5.74) is -0.279. The first-order chi connectivity index (χ1) is 6.94. The molecule has 1 aromatic heterocycles. The molecule has 0 saturated heterocycles. The van der Waals surface area contributed by atoms with Crippen LogP contribution in [0.5, 0.6) is 0 Å². The lowest BCUT2D eigenvalue weighted by Gasteiger charge is -2.22. The fourth-order valence-electron chi connectivity index (χ4n) is 1.06. The van der Waals surface area contributed by atoms with Crippen molar-refractivity contribution in [3.63, 3.8) is 0 Å². The van der Waals surface area contributed by atoms with Crippen LogP contribution in [0.2, 0.25) is 0 Å². The molecule has 4 nitrogen and oxygen atoms in total. The second kappa shape index (κ2) is 5.07. The molecule has 0 aliphatic heterocycles. The molecule has 15 heavy (non-hydrogen) atoms. The molecule has 84 valence electrons. The highest BCUT2D eigenvalue weighted by molar-refractivity contribution is 14.1. The van der Waals surface area contributed by atoms with E-state index in [1.54, 1.807) is 19.4 Å². The Morgan fingerprint density at radius 1 is 1.60 bits per heavy atom. The van der Waals surface area contributed by atoms with E-state index in [2.05, 4.69) is 27.7 Å². The molecule has 1 rings (SSSR count). The Hall–Kier alpha value is -0.430. The fourth-order valence-corrected chi connectivity index (χ4v) is 1.45. The first kappa shape index (κ1) is 12.6. The van der Waals surface area contributed by atoms with E-state index in [1.807, 2.05) is 13.8 Å². The van der Waals surface area contributed by atoms with Crippen LogP contribution in [-0.4, -0.2) is 22.5 Å². The third-order valence-electron chi connectivity index (χ3n) is 2.31. The van der Waals surface area contributed by atoms with Gasteiger partial charge in [0.1, 0.15) is 0 Å². The van der Waals surface area contributed by atoms with Crippen molar-refractivity contribution in [3.8, 4) is 0 Å². The van der Waals surface area contributed by atoms with Crippen molar-refractivity contribution in [1.29, 1.82) is 0 Å². The summed E-state index contributed by atoms with van der Waals surface area (Å²) in [5.74, 6) is 0. The lowest BCUT2D eigenvalue weighted by molar-refractivity contribution is 0.0110. The van der Waals surface area contributed by atoms with Gasteiger partial charge in [0, 0.05) is 23.3 Å². The number of hydrogen-bond acceptors (Lipinski definition) is 3. The molecular weight excluding hydrogens is 307 g/mol. The molecule has 1 aromatic rings. The quantitative estimate of drug-likeness (QED) is 0.792. The number of rotatable bonds is 4. The van der Waals surface area contributed by atoms with Gasteiger partial charge in [0.15, 0.2) is 0 Å². The van der Waals surface area contributed by atoms with E-state index in [9.17, 15) is 4.79 Å². The molecule has 0 amide bonds. The van der Waals surface area contributed by atoms with Gasteiger partial charge < -0.3 is 4.74 Å². The van der Waals surface area contributed by atoms with Gasteiger partial charge in [-0.05, 0) is 42.9 Å². The molecule has 0 fully saturated rings. The monoisotopic (exact) mass is 322 g/mol. The maximum Gasteiger partial charge on any atom is 0.267 e. The van der Waals surface area contributed by atoms with E-state index in [-0.39, 0.29) is 11.2 Å². The second-order valence-electron chi connectivity index (χ2n) is 3.95. The van der Waals surface area contributed by atoms with Gasteiger partial charge in [-0.2, -0.15) is 5.10 Å². The molecule has 0 aliphatic rings. The van der Waals surface area contributed by atoms with Crippen LogP contribution in [0.1, 0.15) is 20.3 Å². The van der Waals surface area contributed by atoms with Crippen molar-refractivity contribution in [2.24, 2.45) is 0 Å². The molecule has 5 heteroatoms. The van der Waals surface area contributed by atoms with Crippen molar-refractivity contribution >= 4 is 22.6 Å². The van der Waals surface area contributed by atoms with Crippen molar-refractivity contribution < 1.29 is 4.74 Å². The van der Waals surface area contributed by atoms with Crippen LogP contribution in [-0.2, 0) is 11.3 Å². The highest BCUT2D eigenvalue weighted by Gasteiger charge is 2.16. The number of hydrogen-bond donors (Lipinski definition) is 0. The summed E-state index contributed by atoms with van der Waals surface area (Å²) in [5, 5.41) is 4.06. The van der Waals surface area contributed by atoms with Crippen LogP contribution in [0.4, 0.5) is 0 Å². The SMILES string of the molecule is COC(C)(C)CCn1ncc(I)cc1=O. The minimum Gasteiger partial charge on any atom is -0.379 e. The fraction of sp³-hybridized carbons (Fsp3) is 0.600. The summed E-state index contributed by atoms with van der Waals surface area (Å²) in [6, 6.07) is 1.58. The molecule has 1 heterocycles. The van der Waals surface area contributed by atoms with Gasteiger partial charge in [0.25, 0.3) is 5.56 Å². The van der Waals surface area contributed by atoms with Crippen molar-refractivity contribution in [1.82, 2.24) is 9.78 Å². The molecule has 0 radical (unpaired) electrons. The zero-order chi connectivity index (χ0) is 11.5. The van der Waals surface area contributed by atoms with Crippen LogP contribution < -0.4 is 5.56 Å². The Labute approximate surface area is 103 Å². The summed E-state index contributed by atoms with van der Waals surface area (Å²) >= 11 is 2.07. The lowest BCUT2D eigenvalue weighted by atomic mass is 10.1. The average molecular weight is 322 g/mol. The van der Waals surface area contributed by atoms with E-state index in [0.717, 1.165) is 9.99 Å². The van der Waals surface area contributed by atoms with Crippen LogP contribution in [0.25, 0.3) is 0 Å². The van der Waals surface area contributed by atoms with Gasteiger partial charge in [-0.25, -0.2) is 4.68 Å². The summed E-state index contributed by atoms with van der Waals surface area (Å²) in [4.78, 5) is 11.5. The van der Waals surface area contributed by atoms with E-state index < -0.39 is 0 Å². The van der Waals surface area contributed by atoms with Gasteiger partial charge >= 0.3 is 0 Å². The predicted molar refractivity (Wildman–Crippen MR) is 66.9 cm³/mol. The summed E-state index contributed by atoms with van der Waals surface area (Å²) < 4.78 is 7.60. The van der Waals surface area contributed by atoms with Crippen LogP contribution >= 0.6 is 22.6 Å². The summed E-state index contributed by atoms with van der Waals surface area (Å²) in [7, 11) is 1.67. The highest BCUT2D eigenvalue weighted by atomic mass is 127. The highest BCUT2D eigenvalue weighted by Crippen LogP contribution is 2.13. The number of ether oxygens (including phenoxy) is 1. The van der Waals surface area contributed by atoms with Crippen molar-refractivity contribution in [3.05, 3.63) is 26.2 Å². The topological polar surface area (TPSA) is 44.1 Å². The Morgan fingerprint density at radius 3 is 2.80 bits per heavy atom. The molecule has 0 atom stereocenters. The molecule has 0 aliphatic carbocycles. The number of aryl methyl sites for hydroxylation is 1. The minimum absolute atomic E-state index is 0.0613. The first-order valence-electron chi connectivity index (χ1n) is 4.72. The minimum atomic E-state index is -0.218. The maximum absolute atomic E-state index is 11.5. The lowest BCUT2D eigenvalue weighted by Crippen LogP contribution is -2.29. The third kappa shape index (κ3) is 3.90. The standard InChI is InChI=1S/C10H15IN2O2/c1-10(2,15-3)4-5-13-9(14)6-8(11)7-12-13/h6-7H,4-5H2,1-3H3. The molecule has 0 saturated carbocycles. The summed E-state index contributed by atoms with van der Waals surface area (Å²) in [6.45, 7) is 4.56. The van der Waals surface area contributed by atoms with Gasteiger partial charge in [-0.15, -0.1) is 0 Å². The molecule has 0 unspecified atom stereocenters. The largest absolute Gasteiger partial charge is 0.379 e. The van der Waals surface area contributed by atoms with Gasteiger partial charge in [-0.3, -0.25) is 4.79 Å². The number of methoxy groups -OCH3 is 1. The zero-order valence-corrected chi connectivity index (χ0v) is 11.3. The number of nitrogens with zero attached hydrogens (tertiary/aromatic N) is 2. The van der Waals surface area contributed by atoms with E-state index in [1.165, 1.54) is 4.68 Å². The van der Waals surface area contributed by atoms with Crippen molar-refractivity contribution in [2.75, 3.05) is 7.11 Å². The predicted octanol–water partition coefficient (Wildman–Crippen LogP) is 1.66. The molecule has 0 aromatic carbocycles. The van der Waals surface area contributed by atoms with E-state index in [4.69, 9.17) is 4.74 Å².